The van der Waals surface area contributed by atoms with Crippen LogP contribution >= 0.6 is 0 Å². The smallest absolute Gasteiger partial charge is 0.273 e. The minimum Gasteiger partial charge on any atom is -0.277 e. The Labute approximate surface area is 157 Å². The molecule has 5 rings (SSSR count). The fourth-order valence-corrected chi connectivity index (χ4v) is 6.51. The molecular formula is C18H23N3O5S. The van der Waals surface area contributed by atoms with E-state index in [2.05, 4.69) is 10.3 Å². The number of nitrogens with one attached hydrogen (secondary N) is 2. The van der Waals surface area contributed by atoms with E-state index in [1.165, 1.54) is 38.3 Å². The third kappa shape index (κ3) is 3.23. The van der Waals surface area contributed by atoms with Crippen LogP contribution in [-0.2, 0) is 14.8 Å². The molecule has 4 saturated carbocycles. The number of aryl methyl sites for hydroxylation is 1. The van der Waals surface area contributed by atoms with Gasteiger partial charge in [0.2, 0.25) is 5.91 Å². The van der Waals surface area contributed by atoms with Crippen LogP contribution in [0.5, 0.6) is 0 Å². The van der Waals surface area contributed by atoms with Crippen LogP contribution in [0, 0.1) is 40.2 Å². The van der Waals surface area contributed by atoms with Gasteiger partial charge in [-0.1, -0.05) is 6.07 Å². The molecule has 0 aromatic heterocycles. The lowest BCUT2D eigenvalue weighted by Gasteiger charge is -2.55. The van der Waals surface area contributed by atoms with Crippen molar-refractivity contribution < 1.29 is 18.1 Å². The van der Waals surface area contributed by atoms with Gasteiger partial charge in [-0.05, 0) is 69.3 Å². The van der Waals surface area contributed by atoms with Crippen LogP contribution in [-0.4, -0.2) is 19.2 Å². The number of nitro benzene ring substituents is 1. The summed E-state index contributed by atoms with van der Waals surface area (Å²) in [6.07, 6.45) is 6.02. The number of hydrogen-bond donors (Lipinski definition) is 2. The average molecular weight is 393 g/mol. The van der Waals surface area contributed by atoms with E-state index >= 15 is 0 Å². The van der Waals surface area contributed by atoms with Gasteiger partial charge in [-0.15, -0.1) is 4.83 Å². The molecule has 0 heterocycles. The van der Waals surface area contributed by atoms with Crippen molar-refractivity contribution in [2.75, 3.05) is 0 Å². The molecule has 0 radical (unpaired) electrons. The predicted octanol–water partition coefficient (Wildman–Crippen LogP) is 2.43. The molecule has 2 N–H and O–H groups in total. The number of benzene rings is 1. The van der Waals surface area contributed by atoms with E-state index in [1.807, 2.05) is 0 Å². The van der Waals surface area contributed by atoms with Gasteiger partial charge in [0.25, 0.3) is 15.7 Å². The number of nitro groups is 1. The van der Waals surface area contributed by atoms with Crippen LogP contribution in [0.3, 0.4) is 0 Å². The Hall–Kier alpha value is -2.00. The van der Waals surface area contributed by atoms with Crippen molar-refractivity contribution in [2.24, 2.45) is 23.2 Å². The fraction of sp³-hybridized carbons (Fsp3) is 0.611. The SMILES string of the molecule is Cc1ccc(S(=O)(=O)NNC(=O)C23CC4CC(CC(C4)C2)C3)cc1[N+](=O)[O-]. The molecular weight excluding hydrogens is 370 g/mol. The van der Waals surface area contributed by atoms with Crippen molar-refractivity contribution in [2.45, 2.75) is 50.3 Å². The van der Waals surface area contributed by atoms with E-state index in [1.54, 1.807) is 0 Å². The molecule has 27 heavy (non-hydrogen) atoms. The molecule has 8 nitrogen and oxygen atoms in total. The molecule has 4 bridgehead atoms. The second-order valence-electron chi connectivity index (χ2n) is 8.46. The number of hydrogen-bond acceptors (Lipinski definition) is 5. The third-order valence-corrected chi connectivity index (χ3v) is 7.75. The van der Waals surface area contributed by atoms with E-state index in [9.17, 15) is 23.3 Å². The molecule has 4 fully saturated rings. The van der Waals surface area contributed by atoms with Gasteiger partial charge in [-0.2, -0.15) is 0 Å². The van der Waals surface area contributed by atoms with E-state index in [0.29, 0.717) is 23.3 Å². The summed E-state index contributed by atoms with van der Waals surface area (Å²) >= 11 is 0. The summed E-state index contributed by atoms with van der Waals surface area (Å²) in [5.41, 5.74) is 2.02. The zero-order chi connectivity index (χ0) is 19.4. The Morgan fingerprint density at radius 3 is 2.22 bits per heavy atom. The van der Waals surface area contributed by atoms with Gasteiger partial charge in [0.1, 0.15) is 0 Å². The first-order chi connectivity index (χ1) is 12.7. The predicted molar refractivity (Wildman–Crippen MR) is 96.9 cm³/mol. The maximum absolute atomic E-state index is 12.9. The average Bonchev–Trinajstić information content (AvgIpc) is 2.58. The zero-order valence-corrected chi connectivity index (χ0v) is 15.9. The third-order valence-electron chi connectivity index (χ3n) is 6.51. The van der Waals surface area contributed by atoms with Gasteiger partial charge in [-0.3, -0.25) is 20.3 Å². The van der Waals surface area contributed by atoms with E-state index < -0.39 is 20.4 Å². The molecule has 1 amide bonds. The zero-order valence-electron chi connectivity index (χ0n) is 15.1. The lowest BCUT2D eigenvalue weighted by Crippen LogP contribution is -2.56. The maximum atomic E-state index is 12.9. The highest BCUT2D eigenvalue weighted by molar-refractivity contribution is 7.89. The van der Waals surface area contributed by atoms with Crippen molar-refractivity contribution in [1.29, 1.82) is 0 Å². The topological polar surface area (TPSA) is 118 Å². The quantitative estimate of drug-likeness (QED) is 0.588. The molecule has 0 unspecified atom stereocenters. The van der Waals surface area contributed by atoms with Gasteiger partial charge >= 0.3 is 0 Å². The molecule has 0 aliphatic heterocycles. The van der Waals surface area contributed by atoms with E-state index in [4.69, 9.17) is 0 Å². The first kappa shape index (κ1) is 18.4. The molecule has 146 valence electrons. The van der Waals surface area contributed by atoms with Crippen LogP contribution in [0.15, 0.2) is 23.1 Å². The highest BCUT2D eigenvalue weighted by Gasteiger charge is 2.54. The number of nitrogens with zero attached hydrogens (tertiary/aromatic N) is 1. The second-order valence-corrected chi connectivity index (χ2v) is 10.1. The van der Waals surface area contributed by atoms with Crippen LogP contribution in [0.1, 0.15) is 44.1 Å². The summed E-state index contributed by atoms with van der Waals surface area (Å²) < 4.78 is 25.0. The number of carbonyl (C=O) groups excluding carboxylic acids is 1. The highest BCUT2D eigenvalue weighted by Crippen LogP contribution is 2.60. The van der Waals surface area contributed by atoms with E-state index in [-0.39, 0.29) is 16.5 Å². The molecule has 1 aromatic rings. The van der Waals surface area contributed by atoms with Gasteiger partial charge in [0, 0.05) is 11.6 Å². The number of amides is 1. The lowest BCUT2D eigenvalue weighted by atomic mass is 9.49. The van der Waals surface area contributed by atoms with Gasteiger partial charge in [-0.25, -0.2) is 8.42 Å². The molecule has 0 spiro atoms. The number of sulfonamides is 1. The number of rotatable bonds is 5. The Morgan fingerprint density at radius 2 is 1.70 bits per heavy atom. The summed E-state index contributed by atoms with van der Waals surface area (Å²) in [5, 5.41) is 11.0. The minimum absolute atomic E-state index is 0.245. The summed E-state index contributed by atoms with van der Waals surface area (Å²) in [7, 11) is -4.09. The molecule has 4 aliphatic carbocycles. The normalized spacial score (nSPS) is 31.7. The molecule has 9 heteroatoms. The molecule has 0 saturated heterocycles. The maximum Gasteiger partial charge on any atom is 0.273 e. The fourth-order valence-electron chi connectivity index (χ4n) is 5.65. The summed E-state index contributed by atoms with van der Waals surface area (Å²) in [5.74, 6) is 1.43. The standard InChI is InChI=1S/C18H23N3O5S/c1-11-2-3-15(7-16(11)21(23)24)27(25,26)20-19-17(22)18-8-12-4-13(9-18)6-14(5-12)10-18/h2-3,7,12-14,20H,4-6,8-10H2,1H3,(H,19,22). The molecule has 0 atom stereocenters. The van der Waals surface area contributed by atoms with Gasteiger partial charge in [0.05, 0.1) is 15.2 Å². The van der Waals surface area contributed by atoms with Crippen LogP contribution in [0.4, 0.5) is 5.69 Å². The summed E-state index contributed by atoms with van der Waals surface area (Å²) in [6.45, 7) is 1.54. The number of hydrazine groups is 1. The largest absolute Gasteiger partial charge is 0.277 e. The lowest BCUT2D eigenvalue weighted by molar-refractivity contribution is -0.385. The van der Waals surface area contributed by atoms with Gasteiger partial charge < -0.3 is 0 Å². The highest BCUT2D eigenvalue weighted by atomic mass is 32.2. The minimum atomic E-state index is -4.09. The first-order valence-electron chi connectivity index (χ1n) is 9.26. The molecule has 1 aromatic carbocycles. The van der Waals surface area contributed by atoms with Crippen molar-refractivity contribution in [3.8, 4) is 0 Å². The van der Waals surface area contributed by atoms with Gasteiger partial charge in [0.15, 0.2) is 0 Å². The summed E-state index contributed by atoms with van der Waals surface area (Å²) in [4.78, 5) is 25.2. The molecule has 4 aliphatic rings. The van der Waals surface area contributed by atoms with Crippen LogP contribution < -0.4 is 10.3 Å². The second kappa shape index (κ2) is 6.27. The van der Waals surface area contributed by atoms with Crippen molar-refractivity contribution in [1.82, 2.24) is 10.3 Å². The summed E-state index contributed by atoms with van der Waals surface area (Å²) in [6, 6.07) is 3.68. The van der Waals surface area contributed by atoms with Crippen molar-refractivity contribution in [3.05, 3.63) is 33.9 Å². The Kier molecular flexibility index (Phi) is 4.27. The Balaban J connectivity index is 1.49. The van der Waals surface area contributed by atoms with Crippen LogP contribution in [0.25, 0.3) is 0 Å². The Morgan fingerprint density at radius 1 is 1.15 bits per heavy atom. The Bertz CT molecular complexity index is 876. The van der Waals surface area contributed by atoms with Crippen molar-refractivity contribution >= 4 is 21.6 Å². The number of carbonyl (C=O) groups is 1. The first-order valence-corrected chi connectivity index (χ1v) is 10.7. The van der Waals surface area contributed by atoms with Crippen LogP contribution in [0.2, 0.25) is 0 Å². The van der Waals surface area contributed by atoms with E-state index in [0.717, 1.165) is 25.3 Å². The monoisotopic (exact) mass is 393 g/mol. The van der Waals surface area contributed by atoms with Crippen molar-refractivity contribution in [3.63, 3.8) is 0 Å².